The molecule has 1 unspecified atom stereocenters. The van der Waals surface area contributed by atoms with Crippen LogP contribution < -0.4 is 9.47 Å². The van der Waals surface area contributed by atoms with Crippen molar-refractivity contribution in [1.29, 1.82) is 5.26 Å². The zero-order valence-corrected chi connectivity index (χ0v) is 15.5. The summed E-state index contributed by atoms with van der Waals surface area (Å²) >= 11 is 17.8. The van der Waals surface area contributed by atoms with Gasteiger partial charge in [-0.15, -0.1) is 0 Å². The summed E-state index contributed by atoms with van der Waals surface area (Å²) in [5.41, 5.74) is -1.67. The maximum absolute atomic E-state index is 12.4. The lowest BCUT2D eigenvalue weighted by Gasteiger charge is -2.22. The molecule has 0 amide bonds. The molecule has 0 N–H and O–H groups in total. The Hall–Kier alpha value is -1.93. The molecule has 0 aromatic heterocycles. The van der Waals surface area contributed by atoms with E-state index in [9.17, 15) is 10.1 Å². The average molecular weight is 399 g/mol. The summed E-state index contributed by atoms with van der Waals surface area (Å²) in [4.78, 5) is 12.4. The first-order chi connectivity index (χ1) is 11.9. The third kappa shape index (κ3) is 5.02. The number of Topliss-reactive ketones (excluding diaryl/α,β-unsaturated/α-hetero) is 1. The quantitative estimate of drug-likeness (QED) is 0.631. The van der Waals surface area contributed by atoms with E-state index in [2.05, 4.69) is 0 Å². The predicted octanol–water partition coefficient (Wildman–Crippen LogP) is 5.35. The molecule has 0 aliphatic heterocycles. The highest BCUT2D eigenvalue weighted by Crippen LogP contribution is 2.29. The molecular weight excluding hydrogens is 385 g/mol. The number of carbonyl (C=O) groups excluding carboxylic acids is 1. The molecule has 4 nitrogen and oxygen atoms in total. The van der Waals surface area contributed by atoms with Crippen molar-refractivity contribution in [2.24, 2.45) is 0 Å². The fraction of sp³-hybridized carbons (Fsp3) is 0.222. The third-order valence-corrected chi connectivity index (χ3v) is 4.22. The van der Waals surface area contributed by atoms with Crippen molar-refractivity contribution in [1.82, 2.24) is 0 Å². The number of ketones is 1. The second-order valence-electron chi connectivity index (χ2n) is 5.27. The Morgan fingerprint density at radius 1 is 1.12 bits per heavy atom. The fourth-order valence-electron chi connectivity index (χ4n) is 1.97. The maximum atomic E-state index is 12.4. The van der Waals surface area contributed by atoms with Gasteiger partial charge in [0.25, 0.3) is 0 Å². The summed E-state index contributed by atoms with van der Waals surface area (Å²) < 4.78 is 11.0. The molecule has 0 spiro atoms. The number of carbonyl (C=O) groups is 1. The van der Waals surface area contributed by atoms with Crippen LogP contribution in [0.25, 0.3) is 0 Å². The van der Waals surface area contributed by atoms with Crippen LogP contribution in [0.2, 0.25) is 15.1 Å². The molecule has 0 heterocycles. The third-order valence-electron chi connectivity index (χ3n) is 3.38. The van der Waals surface area contributed by atoms with Crippen molar-refractivity contribution >= 4 is 40.6 Å². The van der Waals surface area contributed by atoms with Crippen LogP contribution in [-0.2, 0) is 4.79 Å². The Bertz CT molecular complexity index is 819. The second-order valence-corrected chi connectivity index (χ2v) is 6.52. The Kier molecular flexibility index (Phi) is 6.55. The molecule has 2 rings (SSSR count). The summed E-state index contributed by atoms with van der Waals surface area (Å²) in [6, 6.07) is 13.3. The highest BCUT2D eigenvalue weighted by Gasteiger charge is 2.35. The molecule has 0 aliphatic rings. The van der Waals surface area contributed by atoms with E-state index >= 15 is 0 Å². The minimum Gasteiger partial charge on any atom is -0.492 e. The molecule has 0 saturated heterocycles. The summed E-state index contributed by atoms with van der Waals surface area (Å²) in [7, 11) is 0. The maximum Gasteiger partial charge on any atom is 0.249 e. The van der Waals surface area contributed by atoms with Crippen molar-refractivity contribution in [3.63, 3.8) is 0 Å². The van der Waals surface area contributed by atoms with Gasteiger partial charge in [0.15, 0.2) is 5.78 Å². The zero-order valence-electron chi connectivity index (χ0n) is 13.3. The van der Waals surface area contributed by atoms with E-state index < -0.39 is 11.4 Å². The number of nitrogens with zero attached hydrogens (tertiary/aromatic N) is 1. The van der Waals surface area contributed by atoms with Gasteiger partial charge in [0.05, 0.1) is 16.7 Å². The largest absolute Gasteiger partial charge is 0.492 e. The Balaban J connectivity index is 2.00. The van der Waals surface area contributed by atoms with Gasteiger partial charge in [-0.25, -0.2) is 0 Å². The van der Waals surface area contributed by atoms with E-state index in [1.165, 1.54) is 6.92 Å². The molecule has 0 bridgehead atoms. The molecule has 0 aliphatic carbocycles. The van der Waals surface area contributed by atoms with Gasteiger partial charge in [0.2, 0.25) is 5.60 Å². The molecule has 25 heavy (non-hydrogen) atoms. The van der Waals surface area contributed by atoms with Gasteiger partial charge in [-0.1, -0.05) is 46.9 Å². The summed E-state index contributed by atoms with van der Waals surface area (Å²) in [6.07, 6.45) is -0.0343. The summed E-state index contributed by atoms with van der Waals surface area (Å²) in [5.74, 6) is 0.243. The lowest BCUT2D eigenvalue weighted by molar-refractivity contribution is -0.129. The van der Waals surface area contributed by atoms with E-state index in [4.69, 9.17) is 44.3 Å². The standard InChI is InChI=1S/C18H14Cl3NO3/c1-18(11-22,25-16-5-3-2-4-13(16)20)17(23)8-9-24-15-7-6-12(19)10-14(15)21/h2-7,10H,8-9H2,1H3. The van der Waals surface area contributed by atoms with Gasteiger partial charge >= 0.3 is 0 Å². The number of para-hydroxylation sites is 1. The summed E-state index contributed by atoms with van der Waals surface area (Å²) in [6.45, 7) is 1.44. The molecule has 7 heteroatoms. The molecule has 0 fully saturated rings. The number of nitriles is 1. The van der Waals surface area contributed by atoms with Gasteiger partial charge in [-0.2, -0.15) is 5.26 Å². The lowest BCUT2D eigenvalue weighted by Crippen LogP contribution is -2.40. The van der Waals surface area contributed by atoms with E-state index in [-0.39, 0.29) is 18.8 Å². The van der Waals surface area contributed by atoms with Crippen molar-refractivity contribution in [3.8, 4) is 17.6 Å². The number of halogens is 3. The first kappa shape index (κ1) is 19.4. The molecule has 0 radical (unpaired) electrons. The zero-order chi connectivity index (χ0) is 18.4. The van der Waals surface area contributed by atoms with Gasteiger partial charge in [0, 0.05) is 11.4 Å². The number of hydrogen-bond acceptors (Lipinski definition) is 4. The molecule has 2 aromatic rings. The normalized spacial score (nSPS) is 12.8. The number of hydrogen-bond donors (Lipinski definition) is 0. The van der Waals surface area contributed by atoms with Crippen LogP contribution in [0.1, 0.15) is 13.3 Å². The highest BCUT2D eigenvalue weighted by atomic mass is 35.5. The molecular formula is C18H14Cl3NO3. The summed E-state index contributed by atoms with van der Waals surface area (Å²) in [5, 5.41) is 10.5. The van der Waals surface area contributed by atoms with Gasteiger partial charge in [-0.3, -0.25) is 4.79 Å². The minimum atomic E-state index is -1.67. The van der Waals surface area contributed by atoms with E-state index in [1.807, 2.05) is 6.07 Å². The van der Waals surface area contributed by atoms with Crippen molar-refractivity contribution in [3.05, 3.63) is 57.5 Å². The minimum absolute atomic E-state index is 0.0343. The molecule has 130 valence electrons. The molecule has 0 saturated carbocycles. The van der Waals surface area contributed by atoms with E-state index in [0.29, 0.717) is 20.8 Å². The number of benzene rings is 2. The fourth-order valence-corrected chi connectivity index (χ4v) is 2.61. The first-order valence-corrected chi connectivity index (χ1v) is 8.45. The number of rotatable bonds is 7. The SMILES string of the molecule is CC(C#N)(Oc1ccccc1Cl)C(=O)CCOc1ccc(Cl)cc1Cl. The van der Waals surface area contributed by atoms with E-state index in [0.717, 1.165) is 0 Å². The van der Waals surface area contributed by atoms with Crippen LogP contribution in [0.5, 0.6) is 11.5 Å². The number of ether oxygens (including phenoxy) is 2. The van der Waals surface area contributed by atoms with E-state index in [1.54, 1.807) is 42.5 Å². The van der Waals surface area contributed by atoms with Crippen LogP contribution >= 0.6 is 34.8 Å². The lowest BCUT2D eigenvalue weighted by atomic mass is 10.00. The monoisotopic (exact) mass is 397 g/mol. The Morgan fingerprint density at radius 3 is 2.48 bits per heavy atom. The smallest absolute Gasteiger partial charge is 0.249 e. The topological polar surface area (TPSA) is 59.3 Å². The predicted molar refractivity (Wildman–Crippen MR) is 97.7 cm³/mol. The van der Waals surface area contributed by atoms with Crippen LogP contribution in [0.3, 0.4) is 0 Å². The average Bonchev–Trinajstić information content (AvgIpc) is 2.58. The van der Waals surface area contributed by atoms with Crippen molar-refractivity contribution < 1.29 is 14.3 Å². The van der Waals surface area contributed by atoms with Crippen molar-refractivity contribution in [2.75, 3.05) is 6.61 Å². The molecule has 2 aromatic carbocycles. The van der Waals surface area contributed by atoms with Crippen LogP contribution in [0.15, 0.2) is 42.5 Å². The van der Waals surface area contributed by atoms with Crippen LogP contribution in [0.4, 0.5) is 0 Å². The second kappa shape index (κ2) is 8.44. The first-order valence-electron chi connectivity index (χ1n) is 7.31. The van der Waals surface area contributed by atoms with Crippen LogP contribution in [0, 0.1) is 11.3 Å². The van der Waals surface area contributed by atoms with Gasteiger partial charge in [-0.05, 0) is 37.3 Å². The Labute approximate surface area is 160 Å². The Morgan fingerprint density at radius 2 is 1.84 bits per heavy atom. The van der Waals surface area contributed by atoms with Crippen molar-refractivity contribution in [2.45, 2.75) is 18.9 Å². The van der Waals surface area contributed by atoms with Crippen LogP contribution in [-0.4, -0.2) is 18.0 Å². The highest BCUT2D eigenvalue weighted by molar-refractivity contribution is 6.35. The van der Waals surface area contributed by atoms with Gasteiger partial charge < -0.3 is 9.47 Å². The molecule has 1 atom stereocenters. The van der Waals surface area contributed by atoms with Gasteiger partial charge in [0.1, 0.15) is 17.6 Å².